The molecule has 0 radical (unpaired) electrons. The Morgan fingerprint density at radius 2 is 1.74 bits per heavy atom. The maximum absolute atomic E-state index is 12.6. The van der Waals surface area contributed by atoms with Crippen LogP contribution in [-0.4, -0.2) is 37.5 Å². The first-order valence-electron chi connectivity index (χ1n) is 9.57. The number of anilines is 3. The number of hydrogen-bond donors (Lipinski definition) is 2. The highest BCUT2D eigenvalue weighted by atomic mass is 32.2. The Morgan fingerprint density at radius 3 is 2.39 bits per heavy atom. The molecule has 4 rings (SSSR count). The van der Waals surface area contributed by atoms with Crippen molar-refractivity contribution in [3.8, 4) is 5.82 Å². The van der Waals surface area contributed by atoms with Gasteiger partial charge >= 0.3 is 0 Å². The van der Waals surface area contributed by atoms with Crippen LogP contribution in [0.1, 0.15) is 25.7 Å². The van der Waals surface area contributed by atoms with E-state index in [-0.39, 0.29) is 11.1 Å². The summed E-state index contributed by atoms with van der Waals surface area (Å²) in [6, 6.07) is 8.78. The minimum Gasteiger partial charge on any atom is -0.340 e. The van der Waals surface area contributed by atoms with Crippen LogP contribution in [0, 0.1) is 6.92 Å². The summed E-state index contributed by atoms with van der Waals surface area (Å²) >= 11 is 0. The van der Waals surface area contributed by atoms with Crippen molar-refractivity contribution in [1.82, 2.24) is 29.1 Å². The first-order chi connectivity index (χ1) is 14.8. The predicted octanol–water partition coefficient (Wildman–Crippen LogP) is 3.29. The Morgan fingerprint density at radius 1 is 1.00 bits per heavy atom. The molecule has 160 valence electrons. The molecule has 0 fully saturated rings. The van der Waals surface area contributed by atoms with Crippen molar-refractivity contribution in [2.45, 2.75) is 31.8 Å². The lowest BCUT2D eigenvalue weighted by atomic mass is 10.3. The van der Waals surface area contributed by atoms with Crippen molar-refractivity contribution < 1.29 is 8.42 Å². The fourth-order valence-electron chi connectivity index (χ4n) is 2.88. The van der Waals surface area contributed by atoms with Crippen LogP contribution in [-0.2, 0) is 10.0 Å². The highest BCUT2D eigenvalue weighted by Gasteiger charge is 2.18. The third-order valence-electron chi connectivity index (χ3n) is 4.58. The zero-order valence-electron chi connectivity index (χ0n) is 17.3. The third kappa shape index (κ3) is 4.56. The summed E-state index contributed by atoms with van der Waals surface area (Å²) < 4.78 is 31.3. The SMILES string of the molecule is Cc1nccn1-c1cc(Nc2ccc(NS(=O)(=O)c3cn(C(C)C)cn3)cc2)ncn1. The molecule has 11 heteroatoms. The number of hydrogen-bond acceptors (Lipinski definition) is 7. The molecule has 31 heavy (non-hydrogen) atoms. The highest BCUT2D eigenvalue weighted by molar-refractivity contribution is 7.92. The minimum atomic E-state index is -3.76. The van der Waals surface area contributed by atoms with E-state index < -0.39 is 10.0 Å². The maximum Gasteiger partial charge on any atom is 0.280 e. The summed E-state index contributed by atoms with van der Waals surface area (Å²) in [5.41, 5.74) is 1.18. The molecule has 0 unspecified atom stereocenters. The predicted molar refractivity (Wildman–Crippen MR) is 117 cm³/mol. The second kappa shape index (κ2) is 8.19. The van der Waals surface area contributed by atoms with Crippen molar-refractivity contribution >= 4 is 27.2 Å². The molecule has 3 aromatic heterocycles. The second-order valence-electron chi connectivity index (χ2n) is 7.17. The van der Waals surface area contributed by atoms with Gasteiger partial charge in [-0.3, -0.25) is 9.29 Å². The van der Waals surface area contributed by atoms with E-state index in [1.54, 1.807) is 41.1 Å². The van der Waals surface area contributed by atoms with E-state index in [0.717, 1.165) is 11.5 Å². The number of nitrogens with zero attached hydrogens (tertiary/aromatic N) is 6. The summed E-state index contributed by atoms with van der Waals surface area (Å²) in [6.07, 6.45) is 8.02. The van der Waals surface area contributed by atoms with Crippen LogP contribution in [0.25, 0.3) is 5.82 Å². The summed E-state index contributed by atoms with van der Waals surface area (Å²) in [6.45, 7) is 5.80. The first kappa shape index (κ1) is 20.5. The molecule has 0 aliphatic rings. The standard InChI is InChI=1S/C20H22N8O2S/c1-14(2)27-11-20(24-13-27)31(29,30)26-17-6-4-16(5-7-17)25-18-10-19(23-12-22-18)28-9-8-21-15(28)3/h4-14,26H,1-3H3,(H,22,23,25). The van der Waals surface area contributed by atoms with Crippen molar-refractivity contribution in [3.63, 3.8) is 0 Å². The molecule has 0 aliphatic heterocycles. The van der Waals surface area contributed by atoms with Gasteiger partial charge in [-0.05, 0) is 45.0 Å². The third-order valence-corrected chi connectivity index (χ3v) is 5.85. The van der Waals surface area contributed by atoms with E-state index in [0.29, 0.717) is 17.3 Å². The Labute approximate surface area is 180 Å². The zero-order chi connectivity index (χ0) is 22.0. The second-order valence-corrected chi connectivity index (χ2v) is 8.80. The zero-order valence-corrected chi connectivity index (χ0v) is 18.1. The van der Waals surface area contributed by atoms with Crippen LogP contribution in [0.15, 0.2) is 66.6 Å². The molecule has 0 saturated carbocycles. The molecular weight excluding hydrogens is 416 g/mol. The van der Waals surface area contributed by atoms with E-state index in [1.165, 1.54) is 18.9 Å². The van der Waals surface area contributed by atoms with Gasteiger partial charge in [0.2, 0.25) is 0 Å². The van der Waals surface area contributed by atoms with Gasteiger partial charge in [-0.2, -0.15) is 8.42 Å². The number of nitrogens with one attached hydrogen (secondary N) is 2. The van der Waals surface area contributed by atoms with E-state index >= 15 is 0 Å². The number of sulfonamides is 1. The van der Waals surface area contributed by atoms with Gasteiger partial charge in [-0.25, -0.2) is 19.9 Å². The van der Waals surface area contributed by atoms with Gasteiger partial charge in [0.05, 0.1) is 6.33 Å². The van der Waals surface area contributed by atoms with Crippen LogP contribution in [0.2, 0.25) is 0 Å². The molecular formula is C20H22N8O2S. The summed E-state index contributed by atoms with van der Waals surface area (Å²) in [7, 11) is -3.76. The Kier molecular flexibility index (Phi) is 5.42. The molecule has 10 nitrogen and oxygen atoms in total. The lowest BCUT2D eigenvalue weighted by Crippen LogP contribution is -2.13. The number of benzene rings is 1. The largest absolute Gasteiger partial charge is 0.340 e. The Balaban J connectivity index is 1.47. The number of aromatic nitrogens is 6. The topological polar surface area (TPSA) is 120 Å². The monoisotopic (exact) mass is 438 g/mol. The van der Waals surface area contributed by atoms with Crippen LogP contribution in [0.5, 0.6) is 0 Å². The molecule has 0 saturated heterocycles. The number of imidazole rings is 2. The summed E-state index contributed by atoms with van der Waals surface area (Å²) in [5, 5.41) is 3.16. The van der Waals surface area contributed by atoms with E-state index in [2.05, 4.69) is 30.0 Å². The van der Waals surface area contributed by atoms with E-state index in [9.17, 15) is 8.42 Å². The van der Waals surface area contributed by atoms with Crippen LogP contribution >= 0.6 is 0 Å². The molecule has 2 N–H and O–H groups in total. The number of rotatable bonds is 7. The van der Waals surface area contributed by atoms with Gasteiger partial charge in [-0.1, -0.05) is 0 Å². The van der Waals surface area contributed by atoms with Crippen LogP contribution in [0.3, 0.4) is 0 Å². The Bertz CT molecular complexity index is 1290. The first-order valence-corrected chi connectivity index (χ1v) is 11.1. The molecule has 1 aromatic carbocycles. The van der Waals surface area contributed by atoms with Gasteiger partial charge in [0.1, 0.15) is 23.8 Å². The van der Waals surface area contributed by atoms with Crippen molar-refractivity contribution in [2.75, 3.05) is 10.0 Å². The molecule has 4 aromatic rings. The average molecular weight is 439 g/mol. The fraction of sp³-hybridized carbons (Fsp3) is 0.200. The maximum atomic E-state index is 12.6. The van der Waals surface area contributed by atoms with Crippen molar-refractivity contribution in [1.29, 1.82) is 0 Å². The quantitative estimate of drug-likeness (QED) is 0.454. The average Bonchev–Trinajstić information content (AvgIpc) is 3.39. The van der Waals surface area contributed by atoms with Gasteiger partial charge in [0.25, 0.3) is 10.0 Å². The lowest BCUT2D eigenvalue weighted by Gasteiger charge is -2.10. The summed E-state index contributed by atoms with van der Waals surface area (Å²) in [4.78, 5) is 16.7. The van der Waals surface area contributed by atoms with Gasteiger partial charge < -0.3 is 9.88 Å². The van der Waals surface area contributed by atoms with Crippen LogP contribution in [0.4, 0.5) is 17.2 Å². The minimum absolute atomic E-state index is 0.0216. The smallest absolute Gasteiger partial charge is 0.280 e. The van der Waals surface area contributed by atoms with Gasteiger partial charge in [0.15, 0.2) is 5.03 Å². The van der Waals surface area contributed by atoms with E-state index in [1.807, 2.05) is 31.5 Å². The normalized spacial score (nSPS) is 11.6. The number of aryl methyl sites for hydroxylation is 1. The molecule has 0 spiro atoms. The highest BCUT2D eigenvalue weighted by Crippen LogP contribution is 2.21. The van der Waals surface area contributed by atoms with Gasteiger partial charge in [-0.15, -0.1) is 0 Å². The van der Waals surface area contributed by atoms with Gasteiger partial charge in [0, 0.05) is 42.1 Å². The Hall–Kier alpha value is -3.73. The van der Waals surface area contributed by atoms with Crippen molar-refractivity contribution in [2.24, 2.45) is 0 Å². The van der Waals surface area contributed by atoms with Crippen molar-refractivity contribution in [3.05, 3.63) is 67.4 Å². The molecule has 3 heterocycles. The summed E-state index contributed by atoms with van der Waals surface area (Å²) in [5.74, 6) is 2.11. The molecule has 0 amide bonds. The fourth-order valence-corrected chi connectivity index (χ4v) is 3.88. The molecule has 0 aliphatic carbocycles. The van der Waals surface area contributed by atoms with Crippen LogP contribution < -0.4 is 10.0 Å². The molecule has 0 atom stereocenters. The lowest BCUT2D eigenvalue weighted by molar-refractivity contribution is 0.591. The van der Waals surface area contributed by atoms with E-state index in [4.69, 9.17) is 0 Å². The molecule has 0 bridgehead atoms.